The molecule has 1 N–H and O–H groups in total. The van der Waals surface area contributed by atoms with Crippen LogP contribution in [0.15, 0.2) is 54.6 Å². The van der Waals surface area contributed by atoms with Crippen LogP contribution in [0.5, 0.6) is 0 Å². The zero-order valence-electron chi connectivity index (χ0n) is 21.5. The number of rotatable bonds is 10. The van der Waals surface area contributed by atoms with E-state index in [1.165, 1.54) is 4.90 Å². The molecule has 8 nitrogen and oxygen atoms in total. The van der Waals surface area contributed by atoms with Crippen LogP contribution >= 0.6 is 0 Å². The van der Waals surface area contributed by atoms with Crippen LogP contribution in [0.2, 0.25) is 0 Å². The lowest BCUT2D eigenvalue weighted by Crippen LogP contribution is -2.46. The average Bonchev–Trinajstić information content (AvgIpc) is 3.38. The summed E-state index contributed by atoms with van der Waals surface area (Å²) >= 11 is 0. The molecule has 1 fully saturated rings. The van der Waals surface area contributed by atoms with Crippen LogP contribution in [-0.2, 0) is 25.5 Å². The molecule has 2 amide bonds. The van der Waals surface area contributed by atoms with Gasteiger partial charge in [0, 0.05) is 24.4 Å². The Morgan fingerprint density at radius 2 is 1.73 bits per heavy atom. The van der Waals surface area contributed by atoms with Crippen LogP contribution in [-0.4, -0.2) is 53.2 Å². The number of amides is 2. The van der Waals surface area contributed by atoms with Gasteiger partial charge in [0.25, 0.3) is 5.91 Å². The molecule has 0 bridgehead atoms. The number of nitrogens with zero attached hydrogens (tertiary/aromatic N) is 2. The molecule has 0 radical (unpaired) electrons. The quantitative estimate of drug-likeness (QED) is 0.497. The summed E-state index contributed by atoms with van der Waals surface area (Å²) in [5.74, 6) is -2.04. The van der Waals surface area contributed by atoms with Gasteiger partial charge in [-0.1, -0.05) is 37.3 Å². The summed E-state index contributed by atoms with van der Waals surface area (Å²) in [4.78, 5) is 53.5. The van der Waals surface area contributed by atoms with Gasteiger partial charge in [-0.2, -0.15) is 5.26 Å². The first-order valence-corrected chi connectivity index (χ1v) is 12.6. The van der Waals surface area contributed by atoms with Gasteiger partial charge in [-0.25, -0.2) is 4.79 Å². The summed E-state index contributed by atoms with van der Waals surface area (Å²) in [6, 6.07) is 16.0. The van der Waals surface area contributed by atoms with E-state index in [-0.39, 0.29) is 36.5 Å². The highest BCUT2D eigenvalue weighted by Crippen LogP contribution is 2.23. The number of hydrogen-bond acceptors (Lipinski definition) is 6. The smallest absolute Gasteiger partial charge is 0.329 e. The predicted molar refractivity (Wildman–Crippen MR) is 137 cm³/mol. The molecular weight excluding hydrogens is 470 g/mol. The molecule has 194 valence electrons. The molecule has 0 spiro atoms. The van der Waals surface area contributed by atoms with E-state index < -0.39 is 24.0 Å². The second kappa shape index (κ2) is 12.8. The largest absolute Gasteiger partial charge is 0.461 e. The Balaban J connectivity index is 1.73. The Hall–Kier alpha value is -3.99. The fraction of sp³-hybridized carbons (Fsp3) is 0.414. The van der Waals surface area contributed by atoms with Crippen molar-refractivity contribution in [1.82, 2.24) is 10.2 Å². The molecule has 2 unspecified atom stereocenters. The van der Waals surface area contributed by atoms with Gasteiger partial charge in [0.05, 0.1) is 23.8 Å². The number of ketones is 1. The van der Waals surface area contributed by atoms with Crippen LogP contribution in [0.4, 0.5) is 0 Å². The lowest BCUT2D eigenvalue weighted by atomic mass is 9.94. The van der Waals surface area contributed by atoms with Crippen molar-refractivity contribution >= 4 is 23.6 Å². The highest BCUT2D eigenvalue weighted by Gasteiger charge is 2.38. The van der Waals surface area contributed by atoms with Crippen molar-refractivity contribution in [1.29, 1.82) is 5.26 Å². The average molecular weight is 504 g/mol. The number of carbonyl (C=O) groups is 4. The molecule has 0 aliphatic carbocycles. The number of Topliss-reactive ketones (excluding diaryl/α,β-unsaturated/α-hetero) is 1. The van der Waals surface area contributed by atoms with E-state index in [0.717, 1.165) is 5.56 Å². The van der Waals surface area contributed by atoms with E-state index in [2.05, 4.69) is 11.4 Å². The lowest BCUT2D eigenvalue weighted by Gasteiger charge is -2.27. The van der Waals surface area contributed by atoms with E-state index in [1.54, 1.807) is 75.4 Å². The summed E-state index contributed by atoms with van der Waals surface area (Å²) in [7, 11) is 0. The summed E-state index contributed by atoms with van der Waals surface area (Å²) in [5, 5.41) is 11.9. The molecule has 37 heavy (non-hydrogen) atoms. The first-order valence-electron chi connectivity index (χ1n) is 12.6. The molecule has 0 aromatic heterocycles. The minimum Gasteiger partial charge on any atom is -0.461 e. The Morgan fingerprint density at radius 1 is 1.05 bits per heavy atom. The zero-order chi connectivity index (χ0) is 26.9. The maximum Gasteiger partial charge on any atom is 0.329 e. The molecular formula is C29H33N3O5. The first-order chi connectivity index (χ1) is 17.7. The van der Waals surface area contributed by atoms with Crippen LogP contribution in [0, 0.1) is 17.2 Å². The summed E-state index contributed by atoms with van der Waals surface area (Å²) in [6.45, 7) is 5.63. The van der Waals surface area contributed by atoms with Gasteiger partial charge in [0.15, 0.2) is 5.78 Å². The van der Waals surface area contributed by atoms with E-state index in [0.29, 0.717) is 30.5 Å². The standard InChI is InChI=1S/C29H33N3O5/c1-19(2)37-29(36)25-10-7-15-32(25)28(35)20(3)16-26(33)24(17-21-11-13-22(18-30)14-12-21)31-27(34)23-8-5-4-6-9-23/h4-6,8-9,11-14,19-20,24-25H,7,10,15-17H2,1-3H3,(H,31,34)/t20?,24?,25-/m0/s1. The summed E-state index contributed by atoms with van der Waals surface area (Å²) in [6.07, 6.45) is 1.08. The van der Waals surface area contributed by atoms with Gasteiger partial charge in [0.1, 0.15) is 6.04 Å². The van der Waals surface area contributed by atoms with Crippen molar-refractivity contribution in [2.45, 2.75) is 64.6 Å². The minimum atomic E-state index is -0.865. The topological polar surface area (TPSA) is 117 Å². The third-order valence-corrected chi connectivity index (χ3v) is 6.34. The fourth-order valence-electron chi connectivity index (χ4n) is 4.43. The number of esters is 1. The normalized spacial score (nSPS) is 16.5. The molecule has 2 aromatic rings. The molecule has 3 atom stereocenters. The Labute approximate surface area is 217 Å². The van der Waals surface area contributed by atoms with Gasteiger partial charge >= 0.3 is 5.97 Å². The predicted octanol–water partition coefficient (Wildman–Crippen LogP) is 3.44. The van der Waals surface area contributed by atoms with Crippen LogP contribution in [0.25, 0.3) is 0 Å². The maximum atomic E-state index is 13.4. The Kier molecular flexibility index (Phi) is 9.56. The molecule has 1 saturated heterocycles. The van der Waals surface area contributed by atoms with Gasteiger partial charge in [-0.3, -0.25) is 14.4 Å². The monoisotopic (exact) mass is 503 g/mol. The third-order valence-electron chi connectivity index (χ3n) is 6.34. The molecule has 1 heterocycles. The van der Waals surface area contributed by atoms with Crippen LogP contribution in [0.3, 0.4) is 0 Å². The lowest BCUT2D eigenvalue weighted by molar-refractivity contribution is -0.157. The number of carbonyl (C=O) groups excluding carboxylic acids is 4. The van der Waals surface area contributed by atoms with Crippen molar-refractivity contribution in [3.05, 3.63) is 71.3 Å². The van der Waals surface area contributed by atoms with Gasteiger partial charge in [-0.05, 0) is 62.9 Å². The summed E-state index contributed by atoms with van der Waals surface area (Å²) in [5.41, 5.74) is 1.70. The number of ether oxygens (including phenoxy) is 1. The van der Waals surface area contributed by atoms with Gasteiger partial charge < -0.3 is 15.0 Å². The number of nitriles is 1. The van der Waals surface area contributed by atoms with Crippen molar-refractivity contribution in [3.8, 4) is 6.07 Å². The SMILES string of the molecule is CC(C)OC(=O)[C@@H]1CCCN1C(=O)C(C)CC(=O)C(Cc1ccc(C#N)cc1)NC(=O)c1ccccc1. The second-order valence-electron chi connectivity index (χ2n) is 9.65. The van der Waals surface area contributed by atoms with E-state index in [4.69, 9.17) is 10.00 Å². The van der Waals surface area contributed by atoms with Gasteiger partial charge in [-0.15, -0.1) is 0 Å². The fourth-order valence-corrected chi connectivity index (χ4v) is 4.43. The van der Waals surface area contributed by atoms with E-state index in [1.807, 2.05) is 0 Å². The molecule has 2 aromatic carbocycles. The van der Waals surface area contributed by atoms with E-state index in [9.17, 15) is 19.2 Å². The van der Waals surface area contributed by atoms with Crippen molar-refractivity contribution in [2.75, 3.05) is 6.54 Å². The third kappa shape index (κ3) is 7.50. The molecule has 8 heteroatoms. The molecule has 1 aliphatic rings. The number of nitrogens with one attached hydrogen (secondary N) is 1. The molecule has 3 rings (SSSR count). The molecule has 1 aliphatic heterocycles. The number of hydrogen-bond donors (Lipinski definition) is 1. The minimum absolute atomic E-state index is 0.0860. The summed E-state index contributed by atoms with van der Waals surface area (Å²) < 4.78 is 5.31. The zero-order valence-corrected chi connectivity index (χ0v) is 21.5. The molecule has 0 saturated carbocycles. The maximum absolute atomic E-state index is 13.4. The second-order valence-corrected chi connectivity index (χ2v) is 9.65. The highest BCUT2D eigenvalue weighted by atomic mass is 16.5. The van der Waals surface area contributed by atoms with Gasteiger partial charge in [0.2, 0.25) is 5.91 Å². The van der Waals surface area contributed by atoms with Crippen LogP contribution < -0.4 is 5.32 Å². The highest BCUT2D eigenvalue weighted by molar-refractivity contribution is 5.99. The van der Waals surface area contributed by atoms with Crippen molar-refractivity contribution in [3.63, 3.8) is 0 Å². The Morgan fingerprint density at radius 3 is 2.35 bits per heavy atom. The van der Waals surface area contributed by atoms with Crippen LogP contribution in [0.1, 0.15) is 61.5 Å². The first kappa shape index (κ1) is 27.6. The van der Waals surface area contributed by atoms with Crippen molar-refractivity contribution < 1.29 is 23.9 Å². The number of benzene rings is 2. The number of likely N-dealkylation sites (tertiary alicyclic amines) is 1. The Bertz CT molecular complexity index is 1150. The van der Waals surface area contributed by atoms with Crippen molar-refractivity contribution in [2.24, 2.45) is 5.92 Å². The van der Waals surface area contributed by atoms with E-state index >= 15 is 0 Å².